The van der Waals surface area contributed by atoms with Crippen molar-refractivity contribution in [1.82, 2.24) is 9.88 Å². The molecule has 1 saturated heterocycles. The van der Waals surface area contributed by atoms with Gasteiger partial charge in [0.25, 0.3) is 0 Å². The summed E-state index contributed by atoms with van der Waals surface area (Å²) in [6.07, 6.45) is 4.72. The lowest BCUT2D eigenvalue weighted by Crippen LogP contribution is -2.27. The fourth-order valence-electron chi connectivity index (χ4n) is 1.88. The van der Waals surface area contributed by atoms with Gasteiger partial charge in [-0.2, -0.15) is 5.26 Å². The molecule has 0 radical (unpaired) electrons. The third kappa shape index (κ3) is 2.37. The Morgan fingerprint density at radius 2 is 2.50 bits per heavy atom. The van der Waals surface area contributed by atoms with Gasteiger partial charge in [-0.1, -0.05) is 6.07 Å². The van der Waals surface area contributed by atoms with Crippen molar-refractivity contribution >= 4 is 5.91 Å². The molecule has 82 valence electrons. The number of carbonyl (C=O) groups is 1. The van der Waals surface area contributed by atoms with E-state index in [4.69, 9.17) is 5.26 Å². The Morgan fingerprint density at radius 1 is 1.62 bits per heavy atom. The molecule has 0 spiro atoms. The van der Waals surface area contributed by atoms with Gasteiger partial charge in [0.2, 0.25) is 5.91 Å². The minimum absolute atomic E-state index is 0.0930. The van der Waals surface area contributed by atoms with Gasteiger partial charge in [-0.25, -0.2) is 0 Å². The number of likely N-dealkylation sites (tertiary alicyclic amines) is 1. The van der Waals surface area contributed by atoms with E-state index in [1.165, 1.54) is 0 Å². The van der Waals surface area contributed by atoms with Crippen LogP contribution >= 0.6 is 0 Å². The highest BCUT2D eigenvalue weighted by atomic mass is 16.2. The van der Waals surface area contributed by atoms with Gasteiger partial charge >= 0.3 is 0 Å². The molecule has 1 fully saturated rings. The second-order valence-electron chi connectivity index (χ2n) is 3.98. The first-order chi connectivity index (χ1) is 7.79. The monoisotopic (exact) mass is 215 g/mol. The molecular weight excluding hydrogens is 202 g/mol. The summed E-state index contributed by atoms with van der Waals surface area (Å²) in [5.74, 6) is -0.0307. The van der Waals surface area contributed by atoms with Crippen molar-refractivity contribution in [1.29, 1.82) is 5.26 Å². The largest absolute Gasteiger partial charge is 0.341 e. The van der Waals surface area contributed by atoms with E-state index >= 15 is 0 Å². The van der Waals surface area contributed by atoms with Gasteiger partial charge in [-0.3, -0.25) is 9.78 Å². The molecule has 0 bridgehead atoms. The fourth-order valence-corrected chi connectivity index (χ4v) is 1.88. The van der Waals surface area contributed by atoms with Crippen LogP contribution in [0.2, 0.25) is 0 Å². The first-order valence-electron chi connectivity index (χ1n) is 5.36. The fraction of sp³-hybridized carbons (Fsp3) is 0.417. The van der Waals surface area contributed by atoms with Crippen LogP contribution in [0.3, 0.4) is 0 Å². The summed E-state index contributed by atoms with van der Waals surface area (Å²) in [5, 5.41) is 8.75. The Morgan fingerprint density at radius 3 is 3.12 bits per heavy atom. The van der Waals surface area contributed by atoms with Crippen molar-refractivity contribution in [2.24, 2.45) is 5.92 Å². The number of pyridine rings is 1. The quantitative estimate of drug-likeness (QED) is 0.755. The third-order valence-corrected chi connectivity index (χ3v) is 2.79. The molecular formula is C12H13N3O. The topological polar surface area (TPSA) is 57.0 Å². The van der Waals surface area contributed by atoms with E-state index in [9.17, 15) is 4.79 Å². The molecule has 0 saturated carbocycles. The molecule has 4 nitrogen and oxygen atoms in total. The summed E-state index contributed by atoms with van der Waals surface area (Å²) in [7, 11) is 0. The van der Waals surface area contributed by atoms with Crippen LogP contribution in [0.4, 0.5) is 0 Å². The number of rotatable bonds is 3. The number of nitriles is 1. The van der Waals surface area contributed by atoms with Crippen molar-refractivity contribution in [3.8, 4) is 6.07 Å². The molecule has 1 aliphatic rings. The molecule has 0 aliphatic carbocycles. The maximum atomic E-state index is 11.5. The Hall–Kier alpha value is -1.89. The molecule has 1 aromatic rings. The zero-order valence-corrected chi connectivity index (χ0v) is 8.97. The molecule has 1 aromatic heterocycles. The van der Waals surface area contributed by atoms with Crippen LogP contribution in [0.5, 0.6) is 0 Å². The summed E-state index contributed by atoms with van der Waals surface area (Å²) >= 11 is 0. The summed E-state index contributed by atoms with van der Waals surface area (Å²) < 4.78 is 0. The molecule has 1 atom stereocenters. The first kappa shape index (κ1) is 10.6. The second kappa shape index (κ2) is 4.75. The molecule has 0 aromatic carbocycles. The van der Waals surface area contributed by atoms with Gasteiger partial charge < -0.3 is 4.90 Å². The lowest BCUT2D eigenvalue weighted by atomic mass is 10.1. The van der Waals surface area contributed by atoms with Gasteiger partial charge in [0, 0.05) is 31.9 Å². The van der Waals surface area contributed by atoms with Crippen molar-refractivity contribution in [2.75, 3.05) is 13.1 Å². The lowest BCUT2D eigenvalue weighted by molar-refractivity contribution is -0.127. The second-order valence-corrected chi connectivity index (χ2v) is 3.98. The van der Waals surface area contributed by atoms with Crippen molar-refractivity contribution in [3.05, 3.63) is 30.1 Å². The van der Waals surface area contributed by atoms with E-state index in [2.05, 4.69) is 11.1 Å². The summed E-state index contributed by atoms with van der Waals surface area (Å²) in [6.45, 7) is 1.26. The Labute approximate surface area is 94.5 Å². The highest BCUT2D eigenvalue weighted by Crippen LogP contribution is 2.16. The smallest absolute Gasteiger partial charge is 0.224 e. The Balaban J connectivity index is 1.88. The van der Waals surface area contributed by atoms with E-state index < -0.39 is 0 Å². The standard InChI is InChI=1S/C12H13N3O/c13-7-11-6-12(16)15(9-11)5-3-10-2-1-4-14-8-10/h1-2,4,8,11H,3,5-6,9H2. The van der Waals surface area contributed by atoms with Crippen LogP contribution in [0, 0.1) is 17.2 Å². The maximum Gasteiger partial charge on any atom is 0.224 e. The lowest BCUT2D eigenvalue weighted by Gasteiger charge is -2.15. The normalized spacial score (nSPS) is 19.8. The molecule has 16 heavy (non-hydrogen) atoms. The van der Waals surface area contributed by atoms with Crippen molar-refractivity contribution in [3.63, 3.8) is 0 Å². The van der Waals surface area contributed by atoms with E-state index in [1.54, 1.807) is 11.1 Å². The maximum absolute atomic E-state index is 11.5. The predicted molar refractivity (Wildman–Crippen MR) is 58.2 cm³/mol. The van der Waals surface area contributed by atoms with Gasteiger partial charge in [0.05, 0.1) is 12.0 Å². The number of carbonyl (C=O) groups excluding carboxylic acids is 1. The van der Waals surface area contributed by atoms with E-state index in [0.717, 1.165) is 12.0 Å². The Kier molecular flexibility index (Phi) is 3.16. The molecule has 4 heteroatoms. The molecule has 1 amide bonds. The van der Waals surface area contributed by atoms with E-state index in [0.29, 0.717) is 19.5 Å². The van der Waals surface area contributed by atoms with Crippen LogP contribution in [0.25, 0.3) is 0 Å². The molecule has 2 heterocycles. The van der Waals surface area contributed by atoms with Crippen LogP contribution in [-0.4, -0.2) is 28.9 Å². The predicted octanol–water partition coefficient (Wildman–Crippen LogP) is 0.996. The number of hydrogen-bond donors (Lipinski definition) is 0. The van der Waals surface area contributed by atoms with Gasteiger partial charge in [0.1, 0.15) is 0 Å². The van der Waals surface area contributed by atoms with E-state index in [1.807, 2.05) is 18.3 Å². The molecule has 2 rings (SSSR count). The van der Waals surface area contributed by atoms with Crippen molar-refractivity contribution < 1.29 is 4.79 Å². The van der Waals surface area contributed by atoms with Gasteiger partial charge in [-0.05, 0) is 18.1 Å². The average molecular weight is 215 g/mol. The zero-order valence-electron chi connectivity index (χ0n) is 8.97. The van der Waals surface area contributed by atoms with Gasteiger partial charge in [-0.15, -0.1) is 0 Å². The van der Waals surface area contributed by atoms with Gasteiger partial charge in [0.15, 0.2) is 0 Å². The summed E-state index contributed by atoms with van der Waals surface area (Å²) in [4.78, 5) is 17.3. The number of amides is 1. The van der Waals surface area contributed by atoms with Crippen LogP contribution in [-0.2, 0) is 11.2 Å². The third-order valence-electron chi connectivity index (χ3n) is 2.79. The highest BCUT2D eigenvalue weighted by molar-refractivity contribution is 5.79. The summed E-state index contributed by atoms with van der Waals surface area (Å²) in [6, 6.07) is 6.03. The summed E-state index contributed by atoms with van der Waals surface area (Å²) in [5.41, 5.74) is 1.12. The number of aromatic nitrogens is 1. The molecule has 1 unspecified atom stereocenters. The van der Waals surface area contributed by atoms with Crippen LogP contribution < -0.4 is 0 Å². The highest BCUT2D eigenvalue weighted by Gasteiger charge is 2.28. The van der Waals surface area contributed by atoms with Crippen molar-refractivity contribution in [2.45, 2.75) is 12.8 Å². The first-order valence-corrected chi connectivity index (χ1v) is 5.36. The molecule has 0 N–H and O–H groups in total. The Bertz CT molecular complexity index is 410. The molecule has 1 aliphatic heterocycles. The zero-order chi connectivity index (χ0) is 11.4. The SMILES string of the molecule is N#CC1CC(=O)N(CCc2cccnc2)C1. The minimum atomic E-state index is -0.124. The minimum Gasteiger partial charge on any atom is -0.341 e. The van der Waals surface area contributed by atoms with Crippen LogP contribution in [0.1, 0.15) is 12.0 Å². The number of nitrogens with zero attached hydrogens (tertiary/aromatic N) is 3. The van der Waals surface area contributed by atoms with Crippen LogP contribution in [0.15, 0.2) is 24.5 Å². The number of hydrogen-bond acceptors (Lipinski definition) is 3. The van der Waals surface area contributed by atoms with E-state index in [-0.39, 0.29) is 11.8 Å². The average Bonchev–Trinajstić information content (AvgIpc) is 2.69.